The maximum absolute atomic E-state index is 12.1. The number of aliphatic carboxylic acids is 1. The third-order valence-electron chi connectivity index (χ3n) is 3.41. The van der Waals surface area contributed by atoms with Crippen LogP contribution in [0.4, 0.5) is 0 Å². The smallest absolute Gasteiger partial charge is 0.326 e. The summed E-state index contributed by atoms with van der Waals surface area (Å²) in [5, 5.41) is 14.8. The lowest BCUT2D eigenvalue weighted by Crippen LogP contribution is -2.42. The SMILES string of the molecule is O=C(N[C@@H](C[C@@H]1CCNC1=O)C(=O)O)c1cc(Cl)cc(Cl)c1. The van der Waals surface area contributed by atoms with Crippen molar-refractivity contribution in [2.45, 2.75) is 18.9 Å². The van der Waals surface area contributed by atoms with E-state index in [1.54, 1.807) is 0 Å². The van der Waals surface area contributed by atoms with Crippen molar-refractivity contribution in [1.29, 1.82) is 0 Å². The molecular weight excluding hydrogens is 331 g/mol. The first-order valence-electron chi connectivity index (χ1n) is 6.64. The summed E-state index contributed by atoms with van der Waals surface area (Å²) in [7, 11) is 0. The van der Waals surface area contributed by atoms with Gasteiger partial charge in [-0.15, -0.1) is 0 Å². The third-order valence-corrected chi connectivity index (χ3v) is 3.85. The number of carboxylic acids is 1. The highest BCUT2D eigenvalue weighted by molar-refractivity contribution is 6.35. The van der Waals surface area contributed by atoms with Crippen LogP contribution in [0.2, 0.25) is 10.0 Å². The first kappa shape index (κ1) is 16.6. The van der Waals surface area contributed by atoms with Gasteiger partial charge in [0.25, 0.3) is 5.91 Å². The molecule has 1 aromatic rings. The number of rotatable bonds is 5. The van der Waals surface area contributed by atoms with Crippen LogP contribution in [0.3, 0.4) is 0 Å². The van der Waals surface area contributed by atoms with Crippen LogP contribution in [0.25, 0.3) is 0 Å². The van der Waals surface area contributed by atoms with Crippen LogP contribution in [0, 0.1) is 5.92 Å². The fourth-order valence-electron chi connectivity index (χ4n) is 2.30. The Morgan fingerprint density at radius 2 is 1.95 bits per heavy atom. The highest BCUT2D eigenvalue weighted by Crippen LogP contribution is 2.20. The van der Waals surface area contributed by atoms with Gasteiger partial charge in [0.15, 0.2) is 0 Å². The van der Waals surface area contributed by atoms with Gasteiger partial charge in [-0.2, -0.15) is 0 Å². The van der Waals surface area contributed by atoms with Gasteiger partial charge in [-0.1, -0.05) is 23.2 Å². The van der Waals surface area contributed by atoms with Gasteiger partial charge >= 0.3 is 5.97 Å². The predicted octanol–water partition coefficient (Wildman–Crippen LogP) is 1.70. The summed E-state index contributed by atoms with van der Waals surface area (Å²) in [4.78, 5) is 34.9. The Balaban J connectivity index is 2.08. The van der Waals surface area contributed by atoms with Crippen LogP contribution in [0.5, 0.6) is 0 Å². The quantitative estimate of drug-likeness (QED) is 0.757. The van der Waals surface area contributed by atoms with Crippen molar-refractivity contribution in [3.05, 3.63) is 33.8 Å². The molecule has 1 heterocycles. The Morgan fingerprint density at radius 1 is 1.32 bits per heavy atom. The molecule has 0 spiro atoms. The van der Waals surface area contributed by atoms with E-state index in [0.717, 1.165) is 0 Å². The topological polar surface area (TPSA) is 95.5 Å². The Kier molecular flexibility index (Phi) is 5.26. The second kappa shape index (κ2) is 6.98. The molecule has 0 radical (unpaired) electrons. The molecule has 0 unspecified atom stereocenters. The van der Waals surface area contributed by atoms with Gasteiger partial charge in [0.05, 0.1) is 0 Å². The molecule has 1 aliphatic heterocycles. The van der Waals surface area contributed by atoms with Crippen LogP contribution in [-0.2, 0) is 9.59 Å². The van der Waals surface area contributed by atoms with Crippen molar-refractivity contribution in [1.82, 2.24) is 10.6 Å². The van der Waals surface area contributed by atoms with E-state index in [9.17, 15) is 19.5 Å². The summed E-state index contributed by atoms with van der Waals surface area (Å²) in [6.45, 7) is 0.522. The maximum atomic E-state index is 12.1. The van der Waals surface area contributed by atoms with Crippen molar-refractivity contribution >= 4 is 41.0 Å². The van der Waals surface area contributed by atoms with Crippen LogP contribution in [0.1, 0.15) is 23.2 Å². The zero-order valence-electron chi connectivity index (χ0n) is 11.4. The summed E-state index contributed by atoms with van der Waals surface area (Å²) >= 11 is 11.6. The van der Waals surface area contributed by atoms with Crippen molar-refractivity contribution in [2.75, 3.05) is 6.54 Å². The van der Waals surface area contributed by atoms with Gasteiger partial charge in [-0.05, 0) is 31.0 Å². The average Bonchev–Trinajstić information content (AvgIpc) is 2.82. The van der Waals surface area contributed by atoms with Gasteiger partial charge in [-0.3, -0.25) is 9.59 Å². The van der Waals surface area contributed by atoms with E-state index in [0.29, 0.717) is 13.0 Å². The Morgan fingerprint density at radius 3 is 2.45 bits per heavy atom. The molecule has 0 saturated carbocycles. The van der Waals surface area contributed by atoms with E-state index < -0.39 is 23.8 Å². The van der Waals surface area contributed by atoms with Gasteiger partial charge in [0, 0.05) is 28.1 Å². The van der Waals surface area contributed by atoms with Crippen molar-refractivity contribution in [2.24, 2.45) is 5.92 Å². The fraction of sp³-hybridized carbons (Fsp3) is 0.357. The lowest BCUT2D eigenvalue weighted by Gasteiger charge is -2.17. The van der Waals surface area contributed by atoms with Gasteiger partial charge in [-0.25, -0.2) is 4.79 Å². The van der Waals surface area contributed by atoms with E-state index in [1.807, 2.05) is 0 Å². The monoisotopic (exact) mass is 344 g/mol. The molecule has 118 valence electrons. The number of carbonyl (C=O) groups excluding carboxylic acids is 2. The van der Waals surface area contributed by atoms with E-state index in [4.69, 9.17) is 23.2 Å². The molecule has 0 bridgehead atoms. The summed E-state index contributed by atoms with van der Waals surface area (Å²) < 4.78 is 0. The summed E-state index contributed by atoms with van der Waals surface area (Å²) in [5.41, 5.74) is 0.166. The maximum Gasteiger partial charge on any atom is 0.326 e. The van der Waals surface area contributed by atoms with E-state index in [1.165, 1.54) is 18.2 Å². The van der Waals surface area contributed by atoms with Gasteiger partial charge < -0.3 is 15.7 Å². The van der Waals surface area contributed by atoms with Crippen LogP contribution >= 0.6 is 23.2 Å². The van der Waals surface area contributed by atoms with E-state index >= 15 is 0 Å². The molecule has 8 heteroatoms. The number of hydrogen-bond donors (Lipinski definition) is 3. The summed E-state index contributed by atoms with van der Waals surface area (Å²) in [5.74, 6) is -2.40. The molecule has 1 saturated heterocycles. The average molecular weight is 345 g/mol. The minimum atomic E-state index is -1.19. The molecule has 1 aromatic carbocycles. The van der Waals surface area contributed by atoms with Crippen LogP contribution in [-0.4, -0.2) is 35.5 Å². The fourth-order valence-corrected chi connectivity index (χ4v) is 2.83. The Hall–Kier alpha value is -1.79. The van der Waals surface area contributed by atoms with Gasteiger partial charge in [0.1, 0.15) is 6.04 Å². The highest BCUT2D eigenvalue weighted by atomic mass is 35.5. The zero-order chi connectivity index (χ0) is 16.3. The molecule has 0 aliphatic carbocycles. The lowest BCUT2D eigenvalue weighted by molar-refractivity contribution is -0.139. The number of carboxylic acid groups (broad SMARTS) is 1. The number of amides is 2. The number of carbonyl (C=O) groups is 3. The standard InChI is InChI=1S/C14H14Cl2N2O4/c15-9-3-8(4-10(16)6-9)13(20)18-11(14(21)22)5-7-1-2-17-12(7)19/h3-4,6-7,11H,1-2,5H2,(H,17,19)(H,18,20)(H,21,22)/t7-,11-/m0/s1. The van der Waals surface area contributed by atoms with E-state index in [-0.39, 0.29) is 27.9 Å². The largest absolute Gasteiger partial charge is 0.480 e. The molecule has 2 atom stereocenters. The minimum absolute atomic E-state index is 0.0429. The van der Waals surface area contributed by atoms with Crippen molar-refractivity contribution < 1.29 is 19.5 Å². The third kappa shape index (κ3) is 4.11. The highest BCUT2D eigenvalue weighted by Gasteiger charge is 2.31. The molecule has 2 rings (SSSR count). The van der Waals surface area contributed by atoms with Crippen LogP contribution < -0.4 is 10.6 Å². The Bertz CT molecular complexity index is 601. The molecule has 1 aliphatic rings. The molecular formula is C14H14Cl2N2O4. The molecule has 6 nitrogen and oxygen atoms in total. The summed E-state index contributed by atoms with van der Waals surface area (Å²) in [6, 6.07) is 3.10. The van der Waals surface area contributed by atoms with E-state index in [2.05, 4.69) is 10.6 Å². The van der Waals surface area contributed by atoms with Crippen molar-refractivity contribution in [3.8, 4) is 0 Å². The second-order valence-electron chi connectivity index (χ2n) is 5.03. The van der Waals surface area contributed by atoms with Crippen LogP contribution in [0.15, 0.2) is 18.2 Å². The number of halogens is 2. The molecule has 1 fully saturated rings. The Labute approximate surface area is 136 Å². The molecule has 3 N–H and O–H groups in total. The normalized spacial score (nSPS) is 18.6. The molecule has 0 aromatic heterocycles. The minimum Gasteiger partial charge on any atom is -0.480 e. The zero-order valence-corrected chi connectivity index (χ0v) is 12.9. The van der Waals surface area contributed by atoms with Crippen molar-refractivity contribution in [3.63, 3.8) is 0 Å². The summed E-state index contributed by atoms with van der Waals surface area (Å²) in [6.07, 6.45) is 0.600. The second-order valence-corrected chi connectivity index (χ2v) is 5.91. The molecule has 22 heavy (non-hydrogen) atoms. The first-order valence-corrected chi connectivity index (χ1v) is 7.40. The number of benzene rings is 1. The number of nitrogens with one attached hydrogen (secondary N) is 2. The first-order chi connectivity index (χ1) is 10.4. The lowest BCUT2D eigenvalue weighted by atomic mass is 9.98. The molecule has 2 amide bonds. The predicted molar refractivity (Wildman–Crippen MR) is 81.1 cm³/mol. The number of hydrogen-bond acceptors (Lipinski definition) is 3. The van der Waals surface area contributed by atoms with Gasteiger partial charge in [0.2, 0.25) is 5.91 Å².